The summed E-state index contributed by atoms with van der Waals surface area (Å²) in [7, 11) is 0. The number of nitrogens with one attached hydrogen (secondary N) is 2. The lowest BCUT2D eigenvalue weighted by atomic mass is 9.82. The lowest BCUT2D eigenvalue weighted by Crippen LogP contribution is -2.52. The minimum atomic E-state index is -2.83. The lowest BCUT2D eigenvalue weighted by Gasteiger charge is -2.43. The molecular formula is C17H20F2N6O2. The van der Waals surface area contributed by atoms with Crippen LogP contribution in [0.4, 0.5) is 19.3 Å². The second kappa shape index (κ2) is 5.86. The fraction of sp³-hybridized carbons (Fsp3) is 0.529. The highest BCUT2D eigenvalue weighted by Crippen LogP contribution is 2.41. The molecule has 2 aromatic rings. The Morgan fingerprint density at radius 2 is 2.04 bits per heavy atom. The summed E-state index contributed by atoms with van der Waals surface area (Å²) >= 11 is 0. The molecule has 8 nitrogen and oxygen atoms in total. The number of hydrogen-bond donors (Lipinski definition) is 2. The maximum atomic E-state index is 14.3. The Morgan fingerprint density at radius 3 is 2.74 bits per heavy atom. The Bertz CT molecular complexity index is 909. The van der Waals surface area contributed by atoms with E-state index in [2.05, 4.69) is 20.7 Å². The van der Waals surface area contributed by atoms with Crippen molar-refractivity contribution in [3.05, 3.63) is 24.2 Å². The van der Waals surface area contributed by atoms with Crippen LogP contribution in [0.1, 0.15) is 31.9 Å². The number of amides is 3. The zero-order valence-corrected chi connectivity index (χ0v) is 15.0. The fourth-order valence-electron chi connectivity index (χ4n) is 3.93. The van der Waals surface area contributed by atoms with E-state index in [1.807, 2.05) is 13.8 Å². The van der Waals surface area contributed by atoms with Crippen molar-refractivity contribution in [1.82, 2.24) is 25.2 Å². The van der Waals surface area contributed by atoms with Gasteiger partial charge in [0.1, 0.15) is 0 Å². The van der Waals surface area contributed by atoms with Gasteiger partial charge in [-0.2, -0.15) is 5.10 Å². The Balaban J connectivity index is 1.77. The van der Waals surface area contributed by atoms with Gasteiger partial charge in [-0.1, -0.05) is 13.8 Å². The van der Waals surface area contributed by atoms with Gasteiger partial charge in [-0.25, -0.2) is 23.1 Å². The highest BCUT2D eigenvalue weighted by atomic mass is 19.3. The average Bonchev–Trinajstić information content (AvgIpc) is 2.99. The summed E-state index contributed by atoms with van der Waals surface area (Å²) < 4.78 is 30.1. The number of carbonyl (C=O) groups excluding carboxylic acids is 2. The molecule has 0 radical (unpaired) electrons. The molecule has 10 heteroatoms. The number of imidazole rings is 1. The number of anilines is 1. The molecule has 0 spiro atoms. The van der Waals surface area contributed by atoms with Crippen molar-refractivity contribution >= 4 is 23.3 Å². The first-order valence-corrected chi connectivity index (χ1v) is 8.69. The van der Waals surface area contributed by atoms with Crippen LogP contribution in [-0.2, 0) is 4.79 Å². The van der Waals surface area contributed by atoms with E-state index in [4.69, 9.17) is 0 Å². The van der Waals surface area contributed by atoms with Crippen molar-refractivity contribution in [2.45, 2.75) is 32.1 Å². The number of rotatable bonds is 2. The van der Waals surface area contributed by atoms with Gasteiger partial charge in [-0.05, 0) is 11.5 Å². The summed E-state index contributed by atoms with van der Waals surface area (Å²) in [5.74, 6) is -4.00. The largest absolute Gasteiger partial charge is 0.362 e. The molecule has 4 rings (SSSR count). The van der Waals surface area contributed by atoms with Crippen LogP contribution in [-0.4, -0.2) is 52.1 Å². The standard InChI is InChI=1S/C17H20F2N6O2/c1-16(2)7-17(18,19)9-24(8-16)12-5-11(23-25-4-3-20-13(12)25)10-6-21-15(27)22-14(10)26/h3-5,10H,6-9H2,1-2H3,(H2,21,22,26,27). The number of halogens is 2. The molecule has 144 valence electrons. The van der Waals surface area contributed by atoms with E-state index in [1.165, 1.54) is 10.7 Å². The third-order valence-corrected chi connectivity index (χ3v) is 4.85. The van der Waals surface area contributed by atoms with Crippen molar-refractivity contribution in [3.63, 3.8) is 0 Å². The molecule has 1 unspecified atom stereocenters. The quantitative estimate of drug-likeness (QED) is 0.827. The van der Waals surface area contributed by atoms with Gasteiger partial charge in [0.05, 0.1) is 23.8 Å². The molecule has 0 saturated carbocycles. The highest BCUT2D eigenvalue weighted by Gasteiger charge is 2.45. The SMILES string of the molecule is CC1(C)CN(c2cc(C3CNC(=O)NC3=O)nn3ccnc23)CC(F)(F)C1. The molecule has 2 aromatic heterocycles. The lowest BCUT2D eigenvalue weighted by molar-refractivity contribution is -0.122. The number of hydrogen-bond acceptors (Lipinski definition) is 5. The first-order chi connectivity index (χ1) is 12.6. The number of piperidine rings is 1. The maximum absolute atomic E-state index is 14.3. The second-order valence-corrected chi connectivity index (χ2v) is 7.95. The maximum Gasteiger partial charge on any atom is 0.321 e. The molecular weight excluding hydrogens is 358 g/mol. The van der Waals surface area contributed by atoms with Gasteiger partial charge in [0.15, 0.2) is 5.65 Å². The van der Waals surface area contributed by atoms with Crippen LogP contribution in [0.5, 0.6) is 0 Å². The third kappa shape index (κ3) is 3.31. The molecule has 0 aromatic carbocycles. The molecule has 2 aliphatic heterocycles. The van der Waals surface area contributed by atoms with Gasteiger partial charge in [0.25, 0.3) is 5.92 Å². The molecule has 2 fully saturated rings. The average molecular weight is 378 g/mol. The van der Waals surface area contributed by atoms with Crippen LogP contribution in [0, 0.1) is 5.41 Å². The molecule has 3 amide bonds. The second-order valence-electron chi connectivity index (χ2n) is 7.95. The van der Waals surface area contributed by atoms with E-state index in [0.29, 0.717) is 23.6 Å². The van der Waals surface area contributed by atoms with Gasteiger partial charge in [-0.15, -0.1) is 0 Å². The summed E-state index contributed by atoms with van der Waals surface area (Å²) in [6.45, 7) is 3.72. The summed E-state index contributed by atoms with van der Waals surface area (Å²) in [5, 5.41) is 9.16. The summed E-state index contributed by atoms with van der Waals surface area (Å²) in [5.41, 5.74) is 0.764. The number of aromatic nitrogens is 3. The molecule has 0 bridgehead atoms. The van der Waals surface area contributed by atoms with Crippen LogP contribution in [0.2, 0.25) is 0 Å². The predicted octanol–water partition coefficient (Wildman–Crippen LogP) is 1.52. The van der Waals surface area contributed by atoms with E-state index in [0.717, 1.165) is 0 Å². The van der Waals surface area contributed by atoms with Crippen molar-refractivity contribution < 1.29 is 18.4 Å². The number of fused-ring (bicyclic) bond motifs is 1. The smallest absolute Gasteiger partial charge is 0.321 e. The monoisotopic (exact) mass is 378 g/mol. The van der Waals surface area contributed by atoms with Crippen LogP contribution < -0.4 is 15.5 Å². The van der Waals surface area contributed by atoms with Gasteiger partial charge < -0.3 is 10.2 Å². The van der Waals surface area contributed by atoms with Crippen molar-refractivity contribution in [1.29, 1.82) is 0 Å². The number of imide groups is 1. The van der Waals surface area contributed by atoms with Gasteiger partial charge >= 0.3 is 6.03 Å². The summed E-state index contributed by atoms with van der Waals surface area (Å²) in [4.78, 5) is 29.4. The first kappa shape index (κ1) is 17.6. The molecule has 27 heavy (non-hydrogen) atoms. The number of nitrogens with zero attached hydrogens (tertiary/aromatic N) is 4. The Kier molecular flexibility index (Phi) is 3.83. The Morgan fingerprint density at radius 1 is 1.26 bits per heavy atom. The third-order valence-electron chi connectivity index (χ3n) is 4.85. The summed E-state index contributed by atoms with van der Waals surface area (Å²) in [6, 6.07) is 1.07. The topological polar surface area (TPSA) is 91.6 Å². The van der Waals surface area contributed by atoms with Crippen molar-refractivity contribution in [3.8, 4) is 0 Å². The zero-order valence-electron chi connectivity index (χ0n) is 15.0. The fourth-order valence-corrected chi connectivity index (χ4v) is 3.93. The minimum absolute atomic E-state index is 0.0962. The number of urea groups is 1. The molecule has 4 heterocycles. The molecule has 0 aliphatic carbocycles. The highest BCUT2D eigenvalue weighted by molar-refractivity contribution is 6.00. The summed E-state index contributed by atoms with van der Waals surface area (Å²) in [6.07, 6.45) is 2.96. The normalized spacial score (nSPS) is 24.6. The molecule has 2 N–H and O–H groups in total. The van der Waals surface area contributed by atoms with E-state index in [9.17, 15) is 18.4 Å². The molecule has 1 atom stereocenters. The Labute approximate surface area is 153 Å². The molecule has 2 aliphatic rings. The predicted molar refractivity (Wildman–Crippen MR) is 92.8 cm³/mol. The Hall–Kier alpha value is -2.78. The molecule has 2 saturated heterocycles. The van der Waals surface area contributed by atoms with E-state index < -0.39 is 35.7 Å². The van der Waals surface area contributed by atoms with Crippen molar-refractivity contribution in [2.24, 2.45) is 5.41 Å². The van der Waals surface area contributed by atoms with E-state index >= 15 is 0 Å². The van der Waals surface area contributed by atoms with Gasteiger partial charge in [0, 0.05) is 31.9 Å². The zero-order chi connectivity index (χ0) is 19.4. The van der Waals surface area contributed by atoms with Crippen LogP contribution >= 0.6 is 0 Å². The minimum Gasteiger partial charge on any atom is -0.362 e. The van der Waals surface area contributed by atoms with E-state index in [-0.39, 0.29) is 13.0 Å². The van der Waals surface area contributed by atoms with E-state index in [1.54, 1.807) is 17.2 Å². The van der Waals surface area contributed by atoms with Crippen LogP contribution in [0.15, 0.2) is 18.5 Å². The van der Waals surface area contributed by atoms with Crippen LogP contribution in [0.3, 0.4) is 0 Å². The number of carbonyl (C=O) groups is 2. The number of alkyl halides is 2. The van der Waals surface area contributed by atoms with Crippen molar-refractivity contribution in [2.75, 3.05) is 24.5 Å². The first-order valence-electron chi connectivity index (χ1n) is 8.69. The van der Waals surface area contributed by atoms with Crippen LogP contribution in [0.25, 0.3) is 5.65 Å². The van der Waals surface area contributed by atoms with Gasteiger partial charge in [0.2, 0.25) is 5.91 Å². The van der Waals surface area contributed by atoms with Gasteiger partial charge in [-0.3, -0.25) is 10.1 Å².